The SMILES string of the molecule is C[C@H]1CCC2C3=CCC4CC(O)C=C[C@]4(C)C3CC[C@@]21C. The van der Waals surface area contributed by atoms with E-state index in [4.69, 9.17) is 0 Å². The van der Waals surface area contributed by atoms with Crippen molar-refractivity contribution in [1.82, 2.24) is 0 Å². The standard InChI is InChI=1S/C20H30O/c1-13-4-7-17-16-6-5-14-12-15(21)8-10-20(14,3)18(16)9-11-19(13,17)2/h6,8,10,13-15,17-18,21H,4-5,7,9,11-12H2,1-3H3/t13-,14?,15?,17?,18?,19+,20-/m0/s1. The minimum Gasteiger partial charge on any atom is -0.389 e. The van der Waals surface area contributed by atoms with Crippen LogP contribution in [0.4, 0.5) is 0 Å². The Morgan fingerprint density at radius 1 is 1.14 bits per heavy atom. The number of hydrogen-bond donors (Lipinski definition) is 1. The van der Waals surface area contributed by atoms with E-state index in [1.54, 1.807) is 5.57 Å². The van der Waals surface area contributed by atoms with Crippen LogP contribution in [0.3, 0.4) is 0 Å². The van der Waals surface area contributed by atoms with Crippen molar-refractivity contribution in [2.75, 3.05) is 0 Å². The number of rotatable bonds is 0. The van der Waals surface area contributed by atoms with Crippen molar-refractivity contribution in [3.05, 3.63) is 23.8 Å². The topological polar surface area (TPSA) is 20.2 Å². The van der Waals surface area contributed by atoms with Gasteiger partial charge in [-0.1, -0.05) is 44.6 Å². The van der Waals surface area contributed by atoms with Gasteiger partial charge in [0.2, 0.25) is 0 Å². The summed E-state index contributed by atoms with van der Waals surface area (Å²) in [6.45, 7) is 7.51. The molecular formula is C20H30O. The fraction of sp³-hybridized carbons (Fsp3) is 0.800. The first-order valence-corrected chi connectivity index (χ1v) is 9.02. The van der Waals surface area contributed by atoms with Gasteiger partial charge in [0.1, 0.15) is 0 Å². The molecule has 0 spiro atoms. The summed E-state index contributed by atoms with van der Waals surface area (Å²) in [5.74, 6) is 3.11. The molecule has 0 saturated heterocycles. The molecule has 4 aliphatic rings. The van der Waals surface area contributed by atoms with Gasteiger partial charge in [-0.05, 0) is 73.0 Å². The fourth-order valence-electron chi connectivity index (χ4n) is 6.31. The smallest absolute Gasteiger partial charge is 0.0724 e. The number of aliphatic hydroxyl groups is 1. The monoisotopic (exact) mass is 286 g/mol. The van der Waals surface area contributed by atoms with E-state index in [1.807, 2.05) is 0 Å². The first-order valence-electron chi connectivity index (χ1n) is 9.02. The third-order valence-electron chi connectivity index (χ3n) is 8.06. The van der Waals surface area contributed by atoms with E-state index in [2.05, 4.69) is 39.0 Å². The Kier molecular flexibility index (Phi) is 2.99. The molecule has 1 N–H and O–H groups in total. The highest BCUT2D eigenvalue weighted by molar-refractivity contribution is 5.30. The van der Waals surface area contributed by atoms with E-state index >= 15 is 0 Å². The van der Waals surface area contributed by atoms with Crippen molar-refractivity contribution < 1.29 is 5.11 Å². The highest BCUT2D eigenvalue weighted by atomic mass is 16.3. The minimum absolute atomic E-state index is 0.210. The Labute approximate surface area is 129 Å². The number of hydrogen-bond acceptors (Lipinski definition) is 1. The molecule has 1 nitrogen and oxygen atoms in total. The Morgan fingerprint density at radius 2 is 1.95 bits per heavy atom. The van der Waals surface area contributed by atoms with Crippen LogP contribution in [0.2, 0.25) is 0 Å². The van der Waals surface area contributed by atoms with E-state index in [0.717, 1.165) is 24.2 Å². The Bertz CT molecular complexity index is 504. The highest BCUT2D eigenvalue weighted by Crippen LogP contribution is 2.64. The molecule has 4 aliphatic carbocycles. The maximum atomic E-state index is 9.98. The summed E-state index contributed by atoms with van der Waals surface area (Å²) < 4.78 is 0. The summed E-state index contributed by atoms with van der Waals surface area (Å²) in [5, 5.41) is 9.98. The normalized spacial score (nSPS) is 55.4. The lowest BCUT2D eigenvalue weighted by Crippen LogP contribution is -2.47. The van der Waals surface area contributed by atoms with Crippen molar-refractivity contribution in [2.45, 2.75) is 65.4 Å². The summed E-state index contributed by atoms with van der Waals surface area (Å²) in [4.78, 5) is 0. The lowest BCUT2D eigenvalue weighted by atomic mass is 9.49. The molecular weight excluding hydrogens is 256 g/mol. The summed E-state index contributed by atoms with van der Waals surface area (Å²) in [7, 11) is 0. The zero-order valence-electron chi connectivity index (χ0n) is 13.8. The van der Waals surface area contributed by atoms with Gasteiger partial charge >= 0.3 is 0 Å². The van der Waals surface area contributed by atoms with Crippen molar-refractivity contribution in [1.29, 1.82) is 0 Å². The van der Waals surface area contributed by atoms with Gasteiger partial charge in [-0.3, -0.25) is 0 Å². The summed E-state index contributed by atoms with van der Waals surface area (Å²) in [6.07, 6.45) is 14.6. The van der Waals surface area contributed by atoms with Gasteiger partial charge in [-0.15, -0.1) is 0 Å². The Morgan fingerprint density at radius 3 is 2.76 bits per heavy atom. The predicted molar refractivity (Wildman–Crippen MR) is 86.8 cm³/mol. The molecule has 4 rings (SSSR count). The van der Waals surface area contributed by atoms with Crippen LogP contribution in [-0.2, 0) is 0 Å². The molecule has 0 heterocycles. The van der Waals surface area contributed by atoms with Gasteiger partial charge in [0, 0.05) is 0 Å². The van der Waals surface area contributed by atoms with Gasteiger partial charge in [0.25, 0.3) is 0 Å². The van der Waals surface area contributed by atoms with Gasteiger partial charge in [0.15, 0.2) is 0 Å². The fourth-order valence-corrected chi connectivity index (χ4v) is 6.31. The average molecular weight is 286 g/mol. The average Bonchev–Trinajstić information content (AvgIpc) is 2.76. The lowest BCUT2D eigenvalue weighted by molar-refractivity contribution is 0.0312. The van der Waals surface area contributed by atoms with Crippen LogP contribution in [0.5, 0.6) is 0 Å². The second-order valence-electron chi connectivity index (χ2n) is 8.79. The maximum absolute atomic E-state index is 9.98. The lowest BCUT2D eigenvalue weighted by Gasteiger charge is -2.55. The summed E-state index contributed by atoms with van der Waals surface area (Å²) in [5.41, 5.74) is 2.66. The van der Waals surface area contributed by atoms with Gasteiger partial charge < -0.3 is 5.11 Å². The third-order valence-corrected chi connectivity index (χ3v) is 8.06. The largest absolute Gasteiger partial charge is 0.389 e. The quantitative estimate of drug-likeness (QED) is 0.639. The van der Waals surface area contributed by atoms with Crippen LogP contribution < -0.4 is 0 Å². The van der Waals surface area contributed by atoms with Crippen LogP contribution in [0, 0.1) is 34.5 Å². The Hall–Kier alpha value is -0.560. The molecule has 0 aromatic rings. The van der Waals surface area contributed by atoms with Crippen molar-refractivity contribution >= 4 is 0 Å². The van der Waals surface area contributed by atoms with Crippen molar-refractivity contribution in [3.8, 4) is 0 Å². The molecule has 7 atom stereocenters. The second kappa shape index (κ2) is 4.47. The Balaban J connectivity index is 1.72. The van der Waals surface area contributed by atoms with E-state index in [0.29, 0.717) is 16.7 Å². The number of fused-ring (bicyclic) bond motifs is 5. The molecule has 21 heavy (non-hydrogen) atoms. The van der Waals surface area contributed by atoms with Crippen LogP contribution in [0.25, 0.3) is 0 Å². The molecule has 116 valence electrons. The van der Waals surface area contributed by atoms with E-state index in [-0.39, 0.29) is 6.10 Å². The molecule has 2 fully saturated rings. The second-order valence-corrected chi connectivity index (χ2v) is 8.79. The first kappa shape index (κ1) is 14.1. The zero-order chi connectivity index (χ0) is 14.8. The van der Waals surface area contributed by atoms with Gasteiger partial charge in [0.05, 0.1) is 6.10 Å². The minimum atomic E-state index is -0.210. The predicted octanol–water partition coefficient (Wildman–Crippen LogP) is 4.72. The third kappa shape index (κ3) is 1.79. The van der Waals surface area contributed by atoms with Gasteiger partial charge in [-0.25, -0.2) is 0 Å². The molecule has 0 aliphatic heterocycles. The van der Waals surface area contributed by atoms with E-state index < -0.39 is 0 Å². The van der Waals surface area contributed by atoms with E-state index in [1.165, 1.54) is 32.1 Å². The molecule has 1 heteroatoms. The molecule has 4 unspecified atom stereocenters. The molecule has 0 aromatic heterocycles. The maximum Gasteiger partial charge on any atom is 0.0724 e. The van der Waals surface area contributed by atoms with Crippen molar-refractivity contribution in [3.63, 3.8) is 0 Å². The van der Waals surface area contributed by atoms with Crippen LogP contribution in [-0.4, -0.2) is 11.2 Å². The number of aliphatic hydroxyl groups excluding tert-OH is 1. The van der Waals surface area contributed by atoms with Crippen LogP contribution in [0.15, 0.2) is 23.8 Å². The zero-order valence-corrected chi connectivity index (χ0v) is 13.8. The molecule has 0 aromatic carbocycles. The highest BCUT2D eigenvalue weighted by Gasteiger charge is 2.55. The molecule has 2 saturated carbocycles. The van der Waals surface area contributed by atoms with Crippen LogP contribution in [0.1, 0.15) is 59.3 Å². The molecule has 0 radical (unpaired) electrons. The number of allylic oxidation sites excluding steroid dienone is 3. The molecule has 0 bridgehead atoms. The summed E-state index contributed by atoms with van der Waals surface area (Å²) in [6, 6.07) is 0. The van der Waals surface area contributed by atoms with E-state index in [9.17, 15) is 5.11 Å². The van der Waals surface area contributed by atoms with Gasteiger partial charge in [-0.2, -0.15) is 0 Å². The summed E-state index contributed by atoms with van der Waals surface area (Å²) >= 11 is 0. The first-order chi connectivity index (χ1) is 9.95. The van der Waals surface area contributed by atoms with Crippen LogP contribution >= 0.6 is 0 Å². The molecule has 0 amide bonds. The van der Waals surface area contributed by atoms with Crippen molar-refractivity contribution in [2.24, 2.45) is 34.5 Å².